The second-order valence-electron chi connectivity index (χ2n) is 16.4. The van der Waals surface area contributed by atoms with Crippen LogP contribution in [0.2, 0.25) is 54.4 Å². The van der Waals surface area contributed by atoms with Crippen molar-refractivity contribution in [2.75, 3.05) is 13.7 Å². The molecule has 44 heavy (non-hydrogen) atoms. The molecule has 1 aromatic heterocycles. The highest BCUT2D eigenvalue weighted by Crippen LogP contribution is 2.47. The molecule has 2 N–H and O–H groups in total. The van der Waals surface area contributed by atoms with Gasteiger partial charge < -0.3 is 33.1 Å². The van der Waals surface area contributed by atoms with Crippen LogP contribution in [0.25, 0.3) is 6.08 Å². The van der Waals surface area contributed by atoms with Crippen LogP contribution in [-0.2, 0) is 27.5 Å². The predicted molar refractivity (Wildman–Crippen MR) is 183 cm³/mol. The van der Waals surface area contributed by atoms with Crippen molar-refractivity contribution >= 4 is 42.9 Å². The molecule has 252 valence electrons. The molecule has 0 unspecified atom stereocenters. The summed E-state index contributed by atoms with van der Waals surface area (Å²) in [6, 6.07) is 0. The molecule has 1 fully saturated rings. The van der Waals surface area contributed by atoms with Gasteiger partial charge in [-0.3, -0.25) is 4.79 Å². The Labute approximate surface area is 268 Å². The molecular weight excluding hydrogens is 611 g/mol. The first-order valence-corrected chi connectivity index (χ1v) is 24.2. The third-order valence-corrected chi connectivity index (χ3v) is 23.5. The lowest BCUT2D eigenvalue weighted by atomic mass is 10.1. The molecule has 1 aliphatic heterocycles. The van der Waals surface area contributed by atoms with E-state index in [2.05, 4.69) is 107 Å². The fourth-order valence-electron chi connectivity index (χ4n) is 4.02. The van der Waals surface area contributed by atoms with E-state index in [1.807, 2.05) is 0 Å². The van der Waals surface area contributed by atoms with Gasteiger partial charge in [-0.1, -0.05) is 62.3 Å². The number of amides is 1. The van der Waals surface area contributed by atoms with Crippen LogP contribution in [0.1, 0.15) is 84.7 Å². The lowest BCUT2D eigenvalue weighted by Crippen LogP contribution is -2.54. The molecule has 2 rings (SSSR count). The zero-order valence-electron chi connectivity index (χ0n) is 30.1. The number of ether oxygens (including phenoxy) is 2. The van der Waals surface area contributed by atoms with Gasteiger partial charge >= 0.3 is 5.97 Å². The topological polar surface area (TPSA) is 124 Å². The minimum Gasteiger partial charge on any atom is -0.466 e. The Balaban J connectivity index is 2.80. The number of hydrogen-bond acceptors (Lipinski definition) is 8. The Hall–Kier alpha value is -1.62. The number of imidazole rings is 1. The van der Waals surface area contributed by atoms with E-state index in [1.165, 1.54) is 25.6 Å². The number of nitrogens with zero attached hydrogens (tertiary/aromatic N) is 2. The van der Waals surface area contributed by atoms with Gasteiger partial charge in [0.25, 0.3) is 5.91 Å². The van der Waals surface area contributed by atoms with Gasteiger partial charge in [0.05, 0.1) is 25.7 Å². The van der Waals surface area contributed by atoms with Crippen LogP contribution < -0.4 is 5.73 Å². The molecule has 1 amide bonds. The molecule has 0 aromatic carbocycles. The van der Waals surface area contributed by atoms with E-state index in [0.29, 0.717) is 12.3 Å². The number of methoxy groups -OCH3 is 1. The zero-order chi connectivity index (χ0) is 34.3. The number of aromatic nitrogens is 2. The average Bonchev–Trinajstić information content (AvgIpc) is 3.40. The Kier molecular flexibility index (Phi) is 11.6. The highest BCUT2D eigenvalue weighted by Gasteiger charge is 2.55. The van der Waals surface area contributed by atoms with E-state index in [0.717, 1.165) is 0 Å². The first-order valence-electron chi connectivity index (χ1n) is 15.4. The number of nitrogens with two attached hydrogens (primary N) is 1. The maximum Gasteiger partial charge on any atom is 0.330 e. The molecule has 0 aliphatic carbocycles. The number of carbonyl (C=O) groups excluding carboxylic acids is 2. The van der Waals surface area contributed by atoms with Crippen molar-refractivity contribution in [3.8, 4) is 0 Å². The smallest absolute Gasteiger partial charge is 0.330 e. The normalized spacial score (nSPS) is 22.5. The van der Waals surface area contributed by atoms with Gasteiger partial charge in [0.2, 0.25) is 0 Å². The molecule has 4 atom stereocenters. The zero-order valence-corrected chi connectivity index (χ0v) is 33.1. The van der Waals surface area contributed by atoms with E-state index in [-0.39, 0.29) is 20.8 Å². The first-order chi connectivity index (χ1) is 19.7. The van der Waals surface area contributed by atoms with Gasteiger partial charge in [-0.15, -0.1) is 0 Å². The summed E-state index contributed by atoms with van der Waals surface area (Å²) in [5.74, 6) is -1.30. The van der Waals surface area contributed by atoms with Crippen LogP contribution in [0.15, 0.2) is 12.4 Å². The van der Waals surface area contributed by atoms with Crippen molar-refractivity contribution in [1.82, 2.24) is 9.55 Å². The lowest BCUT2D eigenvalue weighted by molar-refractivity contribution is -0.134. The molecule has 0 spiro atoms. The fourth-order valence-corrected chi connectivity index (χ4v) is 7.64. The Bertz CT molecular complexity index is 1210. The second-order valence-corrected chi connectivity index (χ2v) is 30.8. The summed E-state index contributed by atoms with van der Waals surface area (Å²) in [6.45, 7) is 33.5. The number of carbonyl (C=O) groups is 2. The van der Waals surface area contributed by atoms with E-state index < -0.39 is 61.4 Å². The van der Waals surface area contributed by atoms with E-state index in [4.69, 9.17) is 28.5 Å². The van der Waals surface area contributed by atoms with Crippen LogP contribution in [0.5, 0.6) is 0 Å². The number of hydrogen-bond donors (Lipinski definition) is 1. The third-order valence-electron chi connectivity index (χ3n) is 10.1. The minimum atomic E-state index is -2.40. The summed E-state index contributed by atoms with van der Waals surface area (Å²) >= 11 is 0. The average molecular weight is 670 g/mol. The quantitative estimate of drug-likeness (QED) is 0.154. The molecule has 0 bridgehead atoms. The van der Waals surface area contributed by atoms with Gasteiger partial charge in [0.15, 0.2) is 36.9 Å². The van der Waals surface area contributed by atoms with Crippen LogP contribution in [0.4, 0.5) is 0 Å². The Morgan fingerprint density at radius 2 is 1.36 bits per heavy atom. The van der Waals surface area contributed by atoms with Gasteiger partial charge in [-0.05, 0) is 60.5 Å². The summed E-state index contributed by atoms with van der Waals surface area (Å²) in [5.41, 5.74) is 6.06. The summed E-state index contributed by atoms with van der Waals surface area (Å²) in [5, 5.41) is -0.167. The molecule has 0 saturated carbocycles. The highest BCUT2D eigenvalue weighted by molar-refractivity contribution is 6.75. The van der Waals surface area contributed by atoms with Crippen molar-refractivity contribution in [1.29, 1.82) is 0 Å². The molecule has 2 heterocycles. The number of esters is 1. The van der Waals surface area contributed by atoms with Crippen LogP contribution in [0, 0.1) is 0 Å². The standard InChI is InChI=1S/C31H59N3O7Si3/c1-29(2,3)42(11,12)38-19-22-25(40-43(13,14)30(4,5)6)26(41-44(15,16)31(7,8)9)28(39-22)34-20-33-24(27(32)36)21(34)17-18-23(35)37-10/h17-18,20,22,25-26,28H,19H2,1-16H3,(H2,32,36)/b18-17+/t22-,25-,26-,28-/m1/s1. The lowest BCUT2D eigenvalue weighted by Gasteiger charge is -2.44. The SMILES string of the molecule is COC(=O)/C=C/c1c(C(N)=O)ncn1[C@@H]1O[C@H](CO[Si](C)(C)C(C)(C)C)[C@@H](O[Si](C)(C)C(C)(C)C)[C@H]1O[Si](C)(C)C(C)(C)C. The molecular formula is C31H59N3O7Si3. The Morgan fingerprint density at radius 3 is 1.80 bits per heavy atom. The summed E-state index contributed by atoms with van der Waals surface area (Å²) < 4.78 is 34.5. The number of primary amides is 1. The fraction of sp³-hybridized carbons (Fsp3) is 0.774. The summed E-state index contributed by atoms with van der Waals surface area (Å²) in [6.07, 6.45) is 2.02. The minimum absolute atomic E-state index is 0.00438. The van der Waals surface area contributed by atoms with Crippen molar-refractivity contribution in [2.45, 2.75) is 141 Å². The van der Waals surface area contributed by atoms with Gasteiger partial charge in [0, 0.05) is 6.08 Å². The summed E-state index contributed by atoms with van der Waals surface area (Å²) in [7, 11) is -5.59. The van der Waals surface area contributed by atoms with Crippen LogP contribution in [-0.4, -0.2) is 78.4 Å². The van der Waals surface area contributed by atoms with E-state index >= 15 is 0 Å². The number of rotatable bonds is 11. The van der Waals surface area contributed by atoms with Crippen molar-refractivity contribution in [2.24, 2.45) is 5.73 Å². The van der Waals surface area contributed by atoms with Crippen LogP contribution >= 0.6 is 0 Å². The van der Waals surface area contributed by atoms with Gasteiger partial charge in [0.1, 0.15) is 18.3 Å². The maximum absolute atomic E-state index is 12.4. The molecule has 13 heteroatoms. The second kappa shape index (κ2) is 13.2. The first kappa shape index (κ1) is 38.6. The predicted octanol–water partition coefficient (Wildman–Crippen LogP) is 6.87. The monoisotopic (exact) mass is 669 g/mol. The van der Waals surface area contributed by atoms with Gasteiger partial charge in [-0.2, -0.15) is 0 Å². The van der Waals surface area contributed by atoms with E-state index in [9.17, 15) is 9.59 Å². The highest BCUT2D eigenvalue weighted by atomic mass is 28.4. The summed E-state index contributed by atoms with van der Waals surface area (Å²) in [4.78, 5) is 28.8. The molecule has 1 aromatic rings. The molecule has 1 saturated heterocycles. The Morgan fingerprint density at radius 1 is 0.886 bits per heavy atom. The van der Waals surface area contributed by atoms with Crippen LogP contribution in [0.3, 0.4) is 0 Å². The van der Waals surface area contributed by atoms with Crippen molar-refractivity contribution in [3.05, 3.63) is 23.8 Å². The van der Waals surface area contributed by atoms with Gasteiger partial charge in [-0.25, -0.2) is 9.78 Å². The molecule has 1 aliphatic rings. The van der Waals surface area contributed by atoms with Crippen molar-refractivity contribution in [3.63, 3.8) is 0 Å². The maximum atomic E-state index is 12.4. The van der Waals surface area contributed by atoms with E-state index in [1.54, 1.807) is 4.57 Å². The van der Waals surface area contributed by atoms with Crippen molar-refractivity contribution < 1.29 is 32.3 Å². The third kappa shape index (κ3) is 8.59. The largest absolute Gasteiger partial charge is 0.466 e. The molecule has 0 radical (unpaired) electrons. The molecule has 10 nitrogen and oxygen atoms in total.